The minimum absolute atomic E-state index is 0.0157. The first kappa shape index (κ1) is 16.6. The van der Waals surface area contributed by atoms with Crippen molar-refractivity contribution in [1.82, 2.24) is 0 Å². The number of ether oxygens (including phenoxy) is 1. The molecule has 0 spiro atoms. The highest BCUT2D eigenvalue weighted by Gasteiger charge is 2.22. The summed E-state index contributed by atoms with van der Waals surface area (Å²) < 4.78 is 46.5. The Kier molecular flexibility index (Phi) is 4.93. The van der Waals surface area contributed by atoms with Crippen molar-refractivity contribution in [2.45, 2.75) is 32.1 Å². The van der Waals surface area contributed by atoms with Gasteiger partial charge in [0.15, 0.2) is 11.6 Å². The van der Waals surface area contributed by atoms with E-state index in [1.54, 1.807) is 31.2 Å². The fourth-order valence-electron chi connectivity index (χ4n) is 3.01. The average molecular weight is 332 g/mol. The van der Waals surface area contributed by atoms with E-state index in [0.717, 1.165) is 18.4 Å². The second kappa shape index (κ2) is 7.12. The molecule has 0 bridgehead atoms. The first-order valence-corrected chi connectivity index (χ1v) is 8.05. The van der Waals surface area contributed by atoms with Crippen molar-refractivity contribution >= 4 is 0 Å². The molecule has 2 aromatic rings. The third-order valence-corrected chi connectivity index (χ3v) is 4.47. The van der Waals surface area contributed by atoms with Gasteiger partial charge in [-0.3, -0.25) is 0 Å². The Balaban J connectivity index is 1.63. The molecule has 2 aromatic carbocycles. The molecule has 1 atom stereocenters. The van der Waals surface area contributed by atoms with Gasteiger partial charge in [-0.05, 0) is 60.9 Å². The van der Waals surface area contributed by atoms with Crippen LogP contribution in [0.15, 0.2) is 48.0 Å². The second-order valence-electron chi connectivity index (χ2n) is 6.18. The van der Waals surface area contributed by atoms with Crippen molar-refractivity contribution in [2.24, 2.45) is 0 Å². The predicted molar refractivity (Wildman–Crippen MR) is 87.7 cm³/mol. The van der Waals surface area contributed by atoms with E-state index in [2.05, 4.69) is 0 Å². The van der Waals surface area contributed by atoms with Crippen LogP contribution in [-0.2, 0) is 0 Å². The molecule has 1 nitrogen and oxygen atoms in total. The highest BCUT2D eigenvalue weighted by atomic mass is 19.2. The van der Waals surface area contributed by atoms with Gasteiger partial charge in [0, 0.05) is 6.07 Å². The second-order valence-corrected chi connectivity index (χ2v) is 6.18. The normalized spacial score (nSPS) is 17.5. The zero-order chi connectivity index (χ0) is 17.1. The van der Waals surface area contributed by atoms with Crippen molar-refractivity contribution in [3.05, 3.63) is 76.6 Å². The van der Waals surface area contributed by atoms with E-state index in [1.807, 2.05) is 6.08 Å². The topological polar surface area (TPSA) is 9.23 Å². The van der Waals surface area contributed by atoms with Crippen molar-refractivity contribution in [2.75, 3.05) is 6.61 Å². The number of hydrogen-bond acceptors (Lipinski definition) is 1. The van der Waals surface area contributed by atoms with E-state index in [4.69, 9.17) is 4.74 Å². The molecular weight excluding hydrogens is 313 g/mol. The number of halogens is 3. The van der Waals surface area contributed by atoms with Gasteiger partial charge < -0.3 is 4.74 Å². The highest BCUT2D eigenvalue weighted by molar-refractivity contribution is 5.30. The van der Waals surface area contributed by atoms with Crippen molar-refractivity contribution in [1.29, 1.82) is 0 Å². The summed E-state index contributed by atoms with van der Waals surface area (Å²) in [6, 6.07) is 9.33. The molecule has 3 rings (SSSR count). The van der Waals surface area contributed by atoms with Gasteiger partial charge >= 0.3 is 0 Å². The van der Waals surface area contributed by atoms with E-state index >= 15 is 0 Å². The number of benzene rings is 2. The molecule has 0 aliphatic heterocycles. The molecule has 126 valence electrons. The molecule has 24 heavy (non-hydrogen) atoms. The minimum Gasteiger partial charge on any atom is -0.489 e. The van der Waals surface area contributed by atoms with Crippen LogP contribution in [-0.4, -0.2) is 6.61 Å². The summed E-state index contributed by atoms with van der Waals surface area (Å²) in [7, 11) is 0. The van der Waals surface area contributed by atoms with Gasteiger partial charge in [0.25, 0.3) is 0 Å². The highest BCUT2D eigenvalue weighted by Crippen LogP contribution is 2.34. The van der Waals surface area contributed by atoms with Crippen molar-refractivity contribution in [3.63, 3.8) is 0 Å². The fraction of sp³-hybridized carbons (Fsp3) is 0.300. The molecule has 0 heterocycles. The standard InChI is InChI=1S/C20H19F3O/c1-13-5-10-18(20(23)19(13)22)15-8-6-14(7-9-15)12-24-17-4-2-3-16(21)11-17/h2-6,10-11,15H,7-9,12H2,1H3. The van der Waals surface area contributed by atoms with Crippen molar-refractivity contribution in [3.8, 4) is 5.75 Å². The molecule has 4 heteroatoms. The zero-order valence-electron chi connectivity index (χ0n) is 13.5. The first-order valence-electron chi connectivity index (χ1n) is 8.05. The van der Waals surface area contributed by atoms with E-state index in [-0.39, 0.29) is 11.7 Å². The molecule has 0 aromatic heterocycles. The number of allylic oxidation sites excluding steroid dienone is 1. The Morgan fingerprint density at radius 2 is 1.92 bits per heavy atom. The smallest absolute Gasteiger partial charge is 0.162 e. The van der Waals surface area contributed by atoms with E-state index in [0.29, 0.717) is 29.9 Å². The molecule has 0 radical (unpaired) electrons. The van der Waals surface area contributed by atoms with Gasteiger partial charge in [-0.2, -0.15) is 0 Å². The monoisotopic (exact) mass is 332 g/mol. The molecule has 0 fully saturated rings. The Bertz CT molecular complexity index is 767. The fourth-order valence-corrected chi connectivity index (χ4v) is 3.01. The van der Waals surface area contributed by atoms with Crippen LogP contribution < -0.4 is 4.74 Å². The largest absolute Gasteiger partial charge is 0.489 e. The lowest BCUT2D eigenvalue weighted by atomic mass is 9.84. The summed E-state index contributed by atoms with van der Waals surface area (Å²) in [5.74, 6) is -1.34. The van der Waals surface area contributed by atoms with Crippen LogP contribution in [0.25, 0.3) is 0 Å². The Morgan fingerprint density at radius 3 is 2.62 bits per heavy atom. The van der Waals surface area contributed by atoms with Gasteiger partial charge in [-0.1, -0.05) is 24.3 Å². The lowest BCUT2D eigenvalue weighted by molar-refractivity contribution is 0.339. The summed E-state index contributed by atoms with van der Waals surface area (Å²) in [6.07, 6.45) is 4.18. The van der Waals surface area contributed by atoms with Gasteiger partial charge in [0.1, 0.15) is 18.2 Å². The number of rotatable bonds is 4. The van der Waals surface area contributed by atoms with E-state index in [1.165, 1.54) is 12.1 Å². The maximum absolute atomic E-state index is 14.1. The summed E-state index contributed by atoms with van der Waals surface area (Å²) in [5.41, 5.74) is 1.87. The van der Waals surface area contributed by atoms with E-state index in [9.17, 15) is 13.2 Å². The predicted octanol–water partition coefficient (Wildman–Crippen LogP) is 5.69. The molecule has 1 unspecified atom stereocenters. The van der Waals surface area contributed by atoms with Gasteiger partial charge in [0.05, 0.1) is 0 Å². The number of hydrogen-bond donors (Lipinski definition) is 0. The zero-order valence-corrected chi connectivity index (χ0v) is 13.5. The lowest BCUT2D eigenvalue weighted by Gasteiger charge is -2.23. The summed E-state index contributed by atoms with van der Waals surface area (Å²) >= 11 is 0. The maximum Gasteiger partial charge on any atom is 0.162 e. The Morgan fingerprint density at radius 1 is 1.08 bits per heavy atom. The van der Waals surface area contributed by atoms with Crippen LogP contribution in [0.4, 0.5) is 13.2 Å². The summed E-state index contributed by atoms with van der Waals surface area (Å²) in [4.78, 5) is 0. The quantitative estimate of drug-likeness (QED) is 0.654. The van der Waals surface area contributed by atoms with Crippen LogP contribution in [0.5, 0.6) is 5.75 Å². The minimum atomic E-state index is -0.753. The SMILES string of the molecule is Cc1ccc(C2CC=C(COc3cccc(F)c3)CC2)c(F)c1F. The van der Waals surface area contributed by atoms with Gasteiger partial charge in [-0.25, -0.2) is 13.2 Å². The average Bonchev–Trinajstić information content (AvgIpc) is 2.59. The molecule has 0 N–H and O–H groups in total. The third kappa shape index (κ3) is 3.64. The lowest BCUT2D eigenvalue weighted by Crippen LogP contribution is -2.11. The third-order valence-electron chi connectivity index (χ3n) is 4.47. The van der Waals surface area contributed by atoms with Gasteiger partial charge in [0.2, 0.25) is 0 Å². The summed E-state index contributed by atoms with van der Waals surface area (Å²) in [5, 5.41) is 0. The molecular formula is C20H19F3O. The maximum atomic E-state index is 14.1. The van der Waals surface area contributed by atoms with Crippen molar-refractivity contribution < 1.29 is 17.9 Å². The van der Waals surface area contributed by atoms with E-state index < -0.39 is 11.6 Å². The Hall–Kier alpha value is -2.23. The van der Waals surface area contributed by atoms with Crippen LogP contribution in [0.2, 0.25) is 0 Å². The van der Waals surface area contributed by atoms with Crippen LogP contribution >= 0.6 is 0 Å². The molecule has 0 saturated carbocycles. The molecule has 1 aliphatic carbocycles. The van der Waals surface area contributed by atoms with Gasteiger partial charge in [-0.15, -0.1) is 0 Å². The Labute approximate surface area is 139 Å². The first-order chi connectivity index (χ1) is 11.5. The van der Waals surface area contributed by atoms with Crippen LogP contribution in [0.1, 0.15) is 36.3 Å². The van der Waals surface area contributed by atoms with Crippen LogP contribution in [0.3, 0.4) is 0 Å². The summed E-state index contributed by atoms with van der Waals surface area (Å²) in [6.45, 7) is 1.95. The molecule has 0 amide bonds. The molecule has 0 saturated heterocycles. The number of aryl methyl sites for hydroxylation is 1. The molecule has 1 aliphatic rings. The van der Waals surface area contributed by atoms with Crippen LogP contribution in [0, 0.1) is 24.4 Å².